The summed E-state index contributed by atoms with van der Waals surface area (Å²) in [5, 5.41) is 3.07. The van der Waals surface area contributed by atoms with Crippen LogP contribution < -0.4 is 5.32 Å². The minimum Gasteiger partial charge on any atom is -0.300 e. The zero-order chi connectivity index (χ0) is 9.68. The van der Waals surface area contributed by atoms with Gasteiger partial charge in [-0.15, -0.1) is 6.42 Å². The molecule has 0 saturated heterocycles. The Balaban J connectivity index is 2.66. The van der Waals surface area contributed by atoms with E-state index in [0.29, 0.717) is 6.54 Å². The monoisotopic (exact) mass is 177 g/mol. The highest BCUT2D eigenvalue weighted by atomic mass is 19.1. The summed E-state index contributed by atoms with van der Waals surface area (Å²) >= 11 is 0. The molecule has 0 spiro atoms. The summed E-state index contributed by atoms with van der Waals surface area (Å²) in [6.07, 6.45) is 5.10. The Morgan fingerprint density at radius 1 is 1.62 bits per heavy atom. The summed E-state index contributed by atoms with van der Waals surface area (Å²) in [5.74, 6) is 2.26. The molecule has 0 fully saturated rings. The van der Waals surface area contributed by atoms with Gasteiger partial charge in [0.25, 0.3) is 0 Å². The topological polar surface area (TPSA) is 12.0 Å². The molecule has 2 heteroatoms. The first-order valence-electron chi connectivity index (χ1n) is 4.16. The SMILES string of the molecule is C#CCN[C@@H](C)c1cccc(F)c1. The molecular weight excluding hydrogens is 165 g/mol. The molecule has 0 heterocycles. The van der Waals surface area contributed by atoms with E-state index >= 15 is 0 Å². The van der Waals surface area contributed by atoms with Gasteiger partial charge in [0.1, 0.15) is 5.82 Å². The van der Waals surface area contributed by atoms with Crippen molar-refractivity contribution in [2.75, 3.05) is 6.54 Å². The molecule has 0 aliphatic heterocycles. The molecule has 1 aromatic carbocycles. The molecule has 1 atom stereocenters. The summed E-state index contributed by atoms with van der Waals surface area (Å²) in [6.45, 7) is 2.45. The van der Waals surface area contributed by atoms with Crippen molar-refractivity contribution in [3.8, 4) is 12.3 Å². The highest BCUT2D eigenvalue weighted by Gasteiger charge is 2.03. The zero-order valence-corrected chi connectivity index (χ0v) is 7.55. The molecular formula is C11H12FN. The molecule has 0 radical (unpaired) electrons. The Bertz CT molecular complexity index is 314. The van der Waals surface area contributed by atoms with Crippen molar-refractivity contribution < 1.29 is 4.39 Å². The van der Waals surface area contributed by atoms with Crippen LogP contribution in [0.5, 0.6) is 0 Å². The van der Waals surface area contributed by atoms with E-state index in [1.807, 2.05) is 13.0 Å². The van der Waals surface area contributed by atoms with Crippen LogP contribution in [-0.4, -0.2) is 6.54 Å². The molecule has 1 N–H and O–H groups in total. The minimum absolute atomic E-state index is 0.0896. The lowest BCUT2D eigenvalue weighted by Gasteiger charge is -2.11. The summed E-state index contributed by atoms with van der Waals surface area (Å²) in [5.41, 5.74) is 0.912. The van der Waals surface area contributed by atoms with E-state index in [2.05, 4.69) is 11.2 Å². The molecule has 0 unspecified atom stereocenters. The Kier molecular flexibility index (Phi) is 3.48. The quantitative estimate of drug-likeness (QED) is 0.697. The molecule has 0 aliphatic carbocycles. The van der Waals surface area contributed by atoms with Crippen LogP contribution in [0.2, 0.25) is 0 Å². The van der Waals surface area contributed by atoms with E-state index in [-0.39, 0.29) is 11.9 Å². The van der Waals surface area contributed by atoms with Crippen LogP contribution >= 0.6 is 0 Å². The molecule has 1 nitrogen and oxygen atoms in total. The highest BCUT2D eigenvalue weighted by Crippen LogP contribution is 2.12. The van der Waals surface area contributed by atoms with Gasteiger partial charge in [-0.3, -0.25) is 5.32 Å². The van der Waals surface area contributed by atoms with Gasteiger partial charge < -0.3 is 0 Å². The Morgan fingerprint density at radius 3 is 3.00 bits per heavy atom. The van der Waals surface area contributed by atoms with Crippen LogP contribution in [0, 0.1) is 18.2 Å². The minimum atomic E-state index is -0.216. The van der Waals surface area contributed by atoms with E-state index in [4.69, 9.17) is 6.42 Å². The Hall–Kier alpha value is -1.33. The van der Waals surface area contributed by atoms with Crippen LogP contribution in [-0.2, 0) is 0 Å². The summed E-state index contributed by atoms with van der Waals surface area (Å²) in [4.78, 5) is 0. The predicted molar refractivity (Wildman–Crippen MR) is 51.7 cm³/mol. The number of rotatable bonds is 3. The fourth-order valence-electron chi connectivity index (χ4n) is 1.11. The highest BCUT2D eigenvalue weighted by molar-refractivity contribution is 5.19. The van der Waals surface area contributed by atoms with Crippen molar-refractivity contribution in [2.24, 2.45) is 0 Å². The molecule has 0 amide bonds. The van der Waals surface area contributed by atoms with E-state index in [1.54, 1.807) is 6.07 Å². The third-order valence-electron chi connectivity index (χ3n) is 1.86. The van der Waals surface area contributed by atoms with Crippen molar-refractivity contribution in [2.45, 2.75) is 13.0 Å². The van der Waals surface area contributed by atoms with Gasteiger partial charge in [0.15, 0.2) is 0 Å². The van der Waals surface area contributed by atoms with Crippen molar-refractivity contribution >= 4 is 0 Å². The largest absolute Gasteiger partial charge is 0.300 e. The number of hydrogen-bond donors (Lipinski definition) is 1. The second-order valence-electron chi connectivity index (χ2n) is 2.86. The van der Waals surface area contributed by atoms with Crippen LogP contribution in [0.15, 0.2) is 24.3 Å². The number of benzene rings is 1. The first-order chi connectivity index (χ1) is 6.24. The Morgan fingerprint density at radius 2 is 2.38 bits per heavy atom. The maximum absolute atomic E-state index is 12.8. The van der Waals surface area contributed by atoms with Gasteiger partial charge in [-0.05, 0) is 24.6 Å². The van der Waals surface area contributed by atoms with Gasteiger partial charge in [0.05, 0.1) is 6.54 Å². The number of terminal acetylenes is 1. The third kappa shape index (κ3) is 2.89. The average molecular weight is 177 g/mol. The third-order valence-corrected chi connectivity index (χ3v) is 1.86. The van der Waals surface area contributed by atoms with Crippen molar-refractivity contribution in [3.63, 3.8) is 0 Å². The fraction of sp³-hybridized carbons (Fsp3) is 0.273. The van der Waals surface area contributed by atoms with Crippen molar-refractivity contribution in [1.29, 1.82) is 0 Å². The van der Waals surface area contributed by atoms with Gasteiger partial charge in [0, 0.05) is 6.04 Å². The molecule has 0 saturated carbocycles. The normalized spacial score (nSPS) is 12.1. The fourth-order valence-corrected chi connectivity index (χ4v) is 1.11. The number of nitrogens with one attached hydrogen (secondary N) is 1. The van der Waals surface area contributed by atoms with Crippen LogP contribution in [0.25, 0.3) is 0 Å². The smallest absolute Gasteiger partial charge is 0.123 e. The van der Waals surface area contributed by atoms with Gasteiger partial charge in [-0.25, -0.2) is 4.39 Å². The predicted octanol–water partition coefficient (Wildman–Crippen LogP) is 2.11. The summed E-state index contributed by atoms with van der Waals surface area (Å²) < 4.78 is 12.8. The molecule has 68 valence electrons. The van der Waals surface area contributed by atoms with E-state index in [9.17, 15) is 4.39 Å². The van der Waals surface area contributed by atoms with Gasteiger partial charge >= 0.3 is 0 Å². The molecule has 0 aliphatic rings. The Labute approximate surface area is 78.0 Å². The molecule has 1 aromatic rings. The van der Waals surface area contributed by atoms with Crippen molar-refractivity contribution in [3.05, 3.63) is 35.6 Å². The lowest BCUT2D eigenvalue weighted by atomic mass is 10.1. The summed E-state index contributed by atoms with van der Waals surface area (Å²) in [7, 11) is 0. The van der Waals surface area contributed by atoms with Crippen molar-refractivity contribution in [1.82, 2.24) is 5.32 Å². The van der Waals surface area contributed by atoms with E-state index < -0.39 is 0 Å². The number of halogens is 1. The maximum Gasteiger partial charge on any atom is 0.123 e. The first-order valence-corrected chi connectivity index (χ1v) is 4.16. The maximum atomic E-state index is 12.8. The number of hydrogen-bond acceptors (Lipinski definition) is 1. The van der Waals surface area contributed by atoms with Crippen LogP contribution in [0.1, 0.15) is 18.5 Å². The van der Waals surface area contributed by atoms with Crippen LogP contribution in [0.3, 0.4) is 0 Å². The van der Waals surface area contributed by atoms with Gasteiger partial charge in [0.2, 0.25) is 0 Å². The lowest BCUT2D eigenvalue weighted by molar-refractivity contribution is 0.598. The zero-order valence-electron chi connectivity index (χ0n) is 7.55. The second kappa shape index (κ2) is 4.64. The van der Waals surface area contributed by atoms with Crippen LogP contribution in [0.4, 0.5) is 4.39 Å². The molecule has 1 rings (SSSR count). The summed E-state index contributed by atoms with van der Waals surface area (Å²) in [6, 6.07) is 6.59. The lowest BCUT2D eigenvalue weighted by Crippen LogP contribution is -2.18. The van der Waals surface area contributed by atoms with Gasteiger partial charge in [-0.1, -0.05) is 18.1 Å². The molecule has 0 aromatic heterocycles. The molecule has 0 bridgehead atoms. The van der Waals surface area contributed by atoms with E-state index in [0.717, 1.165) is 5.56 Å². The second-order valence-corrected chi connectivity index (χ2v) is 2.86. The first kappa shape index (κ1) is 9.76. The molecule has 13 heavy (non-hydrogen) atoms. The van der Waals surface area contributed by atoms with Gasteiger partial charge in [-0.2, -0.15) is 0 Å². The standard InChI is InChI=1S/C11H12FN/c1-3-7-13-9(2)10-5-4-6-11(12)8-10/h1,4-6,8-9,13H,7H2,2H3/t9-/m0/s1. The van der Waals surface area contributed by atoms with E-state index in [1.165, 1.54) is 12.1 Å². The average Bonchev–Trinajstić information content (AvgIpc) is 2.14.